The predicted molar refractivity (Wildman–Crippen MR) is 96.5 cm³/mol. The van der Waals surface area contributed by atoms with Crippen LogP contribution in [0.5, 0.6) is 11.5 Å². The minimum atomic E-state index is -0.382. The molecule has 2 aliphatic rings. The Hall–Kier alpha value is -2.55. The lowest BCUT2D eigenvalue weighted by Gasteiger charge is -2.30. The summed E-state index contributed by atoms with van der Waals surface area (Å²) < 4.78 is 15.5. The van der Waals surface area contributed by atoms with Crippen LogP contribution < -0.4 is 14.8 Å². The number of nitrogens with zero attached hydrogens (tertiary/aromatic N) is 2. The lowest BCUT2D eigenvalue weighted by molar-refractivity contribution is -0.141. The summed E-state index contributed by atoms with van der Waals surface area (Å²) in [5.41, 5.74) is 0.844. The Kier molecular flexibility index (Phi) is 5.77. The van der Waals surface area contributed by atoms with Crippen LogP contribution in [-0.2, 0) is 20.7 Å². The topological polar surface area (TPSA) is 80.3 Å². The van der Waals surface area contributed by atoms with E-state index in [4.69, 9.17) is 26.4 Å². The van der Waals surface area contributed by atoms with E-state index in [1.807, 2.05) is 12.1 Å². The third-order valence-corrected chi connectivity index (χ3v) is 4.39. The summed E-state index contributed by atoms with van der Waals surface area (Å²) in [4.78, 5) is 24.2. The number of hydrazine groups is 1. The van der Waals surface area contributed by atoms with Crippen molar-refractivity contribution < 1.29 is 23.8 Å². The SMILES string of the molecule is CCOC(=O)CNC(=S)N1CCCN1C(=O)Cc1ccc2c(c1)OCO2. The number of hydrogen-bond donors (Lipinski definition) is 1. The van der Waals surface area contributed by atoms with Crippen molar-refractivity contribution in [3.63, 3.8) is 0 Å². The van der Waals surface area contributed by atoms with Crippen LogP contribution in [0.1, 0.15) is 18.9 Å². The van der Waals surface area contributed by atoms with Crippen molar-refractivity contribution in [2.75, 3.05) is 33.0 Å². The Morgan fingerprint density at radius 1 is 1.23 bits per heavy atom. The second kappa shape index (κ2) is 8.22. The predicted octanol–water partition coefficient (Wildman–Crippen LogP) is 0.845. The summed E-state index contributed by atoms with van der Waals surface area (Å²) in [7, 11) is 0. The highest BCUT2D eigenvalue weighted by atomic mass is 32.1. The van der Waals surface area contributed by atoms with Gasteiger partial charge in [0.05, 0.1) is 13.0 Å². The zero-order valence-electron chi connectivity index (χ0n) is 14.5. The van der Waals surface area contributed by atoms with Gasteiger partial charge in [-0.25, -0.2) is 0 Å². The van der Waals surface area contributed by atoms with Gasteiger partial charge in [0.2, 0.25) is 12.7 Å². The van der Waals surface area contributed by atoms with Gasteiger partial charge >= 0.3 is 5.97 Å². The van der Waals surface area contributed by atoms with Gasteiger partial charge in [-0.05, 0) is 43.3 Å². The molecule has 3 rings (SSSR count). The van der Waals surface area contributed by atoms with Crippen molar-refractivity contribution in [1.82, 2.24) is 15.3 Å². The number of ether oxygens (including phenoxy) is 3. The molecule has 0 saturated carbocycles. The first kappa shape index (κ1) is 18.2. The average Bonchev–Trinajstić information content (AvgIpc) is 3.28. The number of amides is 1. The largest absolute Gasteiger partial charge is 0.465 e. The highest BCUT2D eigenvalue weighted by Crippen LogP contribution is 2.32. The van der Waals surface area contributed by atoms with Gasteiger partial charge in [-0.3, -0.25) is 19.6 Å². The molecule has 140 valence electrons. The van der Waals surface area contributed by atoms with Crippen LogP contribution in [0, 0.1) is 0 Å². The van der Waals surface area contributed by atoms with Crippen LogP contribution >= 0.6 is 12.2 Å². The summed E-state index contributed by atoms with van der Waals surface area (Å²) in [6.07, 6.45) is 1.04. The first-order valence-corrected chi connectivity index (χ1v) is 8.89. The van der Waals surface area contributed by atoms with Gasteiger partial charge in [-0.15, -0.1) is 0 Å². The molecule has 26 heavy (non-hydrogen) atoms. The van der Waals surface area contributed by atoms with E-state index in [0.29, 0.717) is 36.3 Å². The van der Waals surface area contributed by atoms with E-state index in [1.54, 1.807) is 23.0 Å². The monoisotopic (exact) mass is 379 g/mol. The molecule has 2 aliphatic heterocycles. The minimum Gasteiger partial charge on any atom is -0.465 e. The van der Waals surface area contributed by atoms with E-state index in [1.165, 1.54) is 0 Å². The van der Waals surface area contributed by atoms with Crippen molar-refractivity contribution in [1.29, 1.82) is 0 Å². The van der Waals surface area contributed by atoms with Crippen molar-refractivity contribution >= 4 is 29.2 Å². The average molecular weight is 379 g/mol. The van der Waals surface area contributed by atoms with Crippen LogP contribution in [0.4, 0.5) is 0 Å². The molecule has 1 fully saturated rings. The number of nitrogens with one attached hydrogen (secondary N) is 1. The highest BCUT2D eigenvalue weighted by molar-refractivity contribution is 7.80. The quantitative estimate of drug-likeness (QED) is 0.596. The Morgan fingerprint density at radius 2 is 2.00 bits per heavy atom. The van der Waals surface area contributed by atoms with Crippen molar-refractivity contribution in [2.45, 2.75) is 19.8 Å². The number of hydrogen-bond acceptors (Lipinski definition) is 6. The number of thiocarbonyl (C=S) groups is 1. The molecule has 1 aromatic rings. The third-order valence-electron chi connectivity index (χ3n) is 4.04. The molecule has 2 heterocycles. The zero-order chi connectivity index (χ0) is 18.5. The van der Waals surface area contributed by atoms with Crippen LogP contribution in [0.25, 0.3) is 0 Å². The normalized spacial score (nSPS) is 15.1. The summed E-state index contributed by atoms with van der Waals surface area (Å²) in [5.74, 6) is 0.891. The van der Waals surface area contributed by atoms with Crippen LogP contribution in [0.2, 0.25) is 0 Å². The fourth-order valence-corrected chi connectivity index (χ4v) is 3.11. The smallest absolute Gasteiger partial charge is 0.325 e. The number of carbonyl (C=O) groups excluding carboxylic acids is 2. The Bertz CT molecular complexity index is 712. The van der Waals surface area contributed by atoms with Gasteiger partial charge in [0.15, 0.2) is 16.6 Å². The fourth-order valence-electron chi connectivity index (χ4n) is 2.85. The first-order valence-electron chi connectivity index (χ1n) is 8.48. The molecule has 1 saturated heterocycles. The fraction of sp³-hybridized carbons (Fsp3) is 0.471. The molecule has 0 aliphatic carbocycles. The standard InChI is InChI=1S/C17H21N3O5S/c1-2-23-16(22)10-18-17(26)20-7-3-6-19(20)15(21)9-12-4-5-13-14(8-12)25-11-24-13/h4-5,8H,2-3,6-7,9-11H2,1H3,(H,18,26). The zero-order valence-corrected chi connectivity index (χ0v) is 15.3. The van der Waals surface area contributed by atoms with Crippen LogP contribution in [0.15, 0.2) is 18.2 Å². The number of esters is 1. The molecule has 0 radical (unpaired) electrons. The molecule has 0 aromatic heterocycles. The molecule has 8 nitrogen and oxygen atoms in total. The number of carbonyl (C=O) groups is 2. The van der Waals surface area contributed by atoms with Crippen molar-refractivity contribution in [3.05, 3.63) is 23.8 Å². The summed E-state index contributed by atoms with van der Waals surface area (Å²) in [6.45, 7) is 3.46. The van der Waals surface area contributed by atoms with Crippen LogP contribution in [-0.4, -0.2) is 60.0 Å². The Morgan fingerprint density at radius 3 is 2.81 bits per heavy atom. The maximum atomic E-state index is 12.7. The summed E-state index contributed by atoms with van der Waals surface area (Å²) in [5, 5.41) is 6.50. The molecule has 0 bridgehead atoms. The summed E-state index contributed by atoms with van der Waals surface area (Å²) >= 11 is 5.32. The van der Waals surface area contributed by atoms with Gasteiger partial charge in [0.1, 0.15) is 6.54 Å². The number of fused-ring (bicyclic) bond motifs is 1. The molecule has 0 unspecified atom stereocenters. The third kappa shape index (κ3) is 4.16. The van der Waals surface area contributed by atoms with E-state index >= 15 is 0 Å². The second-order valence-electron chi connectivity index (χ2n) is 5.82. The minimum absolute atomic E-state index is 0.0205. The first-order chi connectivity index (χ1) is 12.6. The Balaban J connectivity index is 1.57. The molecule has 1 amide bonds. The molecule has 1 N–H and O–H groups in total. The van der Waals surface area contributed by atoms with Gasteiger partial charge in [-0.1, -0.05) is 6.07 Å². The number of rotatable bonds is 5. The molecule has 1 aromatic carbocycles. The number of benzene rings is 1. The second-order valence-corrected chi connectivity index (χ2v) is 6.21. The van der Waals surface area contributed by atoms with E-state index < -0.39 is 0 Å². The van der Waals surface area contributed by atoms with E-state index in [9.17, 15) is 9.59 Å². The van der Waals surface area contributed by atoms with E-state index in [0.717, 1.165) is 12.0 Å². The van der Waals surface area contributed by atoms with Gasteiger partial charge < -0.3 is 19.5 Å². The van der Waals surface area contributed by atoms with Gasteiger partial charge in [0.25, 0.3) is 0 Å². The molecular formula is C17H21N3O5S. The Labute approximate surface area is 156 Å². The maximum Gasteiger partial charge on any atom is 0.325 e. The highest BCUT2D eigenvalue weighted by Gasteiger charge is 2.29. The van der Waals surface area contributed by atoms with Crippen molar-refractivity contribution in [3.8, 4) is 11.5 Å². The molecule has 0 atom stereocenters. The van der Waals surface area contributed by atoms with Gasteiger partial charge in [0, 0.05) is 13.1 Å². The maximum absolute atomic E-state index is 12.7. The van der Waals surface area contributed by atoms with Gasteiger partial charge in [-0.2, -0.15) is 0 Å². The van der Waals surface area contributed by atoms with Crippen molar-refractivity contribution in [2.24, 2.45) is 0 Å². The summed E-state index contributed by atoms with van der Waals surface area (Å²) in [6, 6.07) is 5.47. The molecule has 9 heteroatoms. The lowest BCUT2D eigenvalue weighted by atomic mass is 10.1. The van der Waals surface area contributed by atoms with E-state index in [-0.39, 0.29) is 31.6 Å². The molecule has 0 spiro atoms. The van der Waals surface area contributed by atoms with Crippen LogP contribution in [0.3, 0.4) is 0 Å². The molecular weight excluding hydrogens is 358 g/mol. The lowest BCUT2D eigenvalue weighted by Crippen LogP contribution is -2.50. The van der Waals surface area contributed by atoms with E-state index in [2.05, 4.69) is 5.32 Å².